The third kappa shape index (κ3) is 4.53. The molecule has 2 rings (SSSR count). The Kier molecular flexibility index (Phi) is 5.86. The highest BCUT2D eigenvalue weighted by molar-refractivity contribution is 5.71. The van der Waals surface area contributed by atoms with Crippen LogP contribution in [-0.2, 0) is 0 Å². The van der Waals surface area contributed by atoms with Crippen LogP contribution in [0.5, 0.6) is 17.2 Å². The highest BCUT2D eigenvalue weighted by Crippen LogP contribution is 2.24. The van der Waals surface area contributed by atoms with Gasteiger partial charge < -0.3 is 19.3 Å². The van der Waals surface area contributed by atoms with Gasteiger partial charge in [-0.1, -0.05) is 24.3 Å². The Labute approximate surface area is 130 Å². The second-order valence-corrected chi connectivity index (χ2v) is 4.62. The van der Waals surface area contributed by atoms with Crippen molar-refractivity contribution in [2.75, 3.05) is 27.4 Å². The quantitative estimate of drug-likeness (QED) is 0.797. The summed E-state index contributed by atoms with van der Waals surface area (Å²) in [4.78, 5) is 0. The second-order valence-electron chi connectivity index (χ2n) is 4.62. The number of hydrogen-bond acceptors (Lipinski definition) is 4. The summed E-state index contributed by atoms with van der Waals surface area (Å²) >= 11 is 0. The number of aliphatic hydroxyl groups is 1. The van der Waals surface area contributed by atoms with E-state index in [1.54, 1.807) is 14.2 Å². The number of benzene rings is 2. The van der Waals surface area contributed by atoms with Gasteiger partial charge in [-0.25, -0.2) is 0 Å². The van der Waals surface area contributed by atoms with Crippen molar-refractivity contribution in [3.63, 3.8) is 0 Å². The summed E-state index contributed by atoms with van der Waals surface area (Å²) in [5, 5.41) is 8.72. The molecule has 0 aromatic heterocycles. The van der Waals surface area contributed by atoms with Gasteiger partial charge in [-0.2, -0.15) is 0 Å². The molecular weight excluding hydrogens is 280 g/mol. The molecule has 0 unspecified atom stereocenters. The van der Waals surface area contributed by atoms with Gasteiger partial charge in [0, 0.05) is 6.07 Å². The largest absolute Gasteiger partial charge is 0.497 e. The number of rotatable bonds is 7. The van der Waals surface area contributed by atoms with E-state index in [1.807, 2.05) is 54.6 Å². The van der Waals surface area contributed by atoms with Crippen LogP contribution in [0.4, 0.5) is 0 Å². The Morgan fingerprint density at radius 3 is 1.95 bits per heavy atom. The normalized spacial score (nSPS) is 10.7. The Morgan fingerprint density at radius 1 is 0.818 bits per heavy atom. The molecule has 4 heteroatoms. The van der Waals surface area contributed by atoms with Gasteiger partial charge in [0.1, 0.15) is 23.9 Å². The smallest absolute Gasteiger partial charge is 0.123 e. The average Bonchev–Trinajstić information content (AvgIpc) is 2.58. The molecular formula is C18H20O4. The zero-order valence-electron chi connectivity index (χ0n) is 12.8. The highest BCUT2D eigenvalue weighted by atomic mass is 16.5. The first-order chi connectivity index (χ1) is 10.7. The van der Waals surface area contributed by atoms with Crippen LogP contribution in [0.3, 0.4) is 0 Å². The van der Waals surface area contributed by atoms with Crippen LogP contribution in [-0.4, -0.2) is 32.5 Å². The van der Waals surface area contributed by atoms with Crippen LogP contribution >= 0.6 is 0 Å². The second kappa shape index (κ2) is 8.10. The SMILES string of the molecule is COc1cc(/C=C/c2ccc(OCCO)cc2)cc(OC)c1. The lowest BCUT2D eigenvalue weighted by atomic mass is 10.1. The van der Waals surface area contributed by atoms with Crippen LogP contribution in [0.15, 0.2) is 42.5 Å². The first-order valence-corrected chi connectivity index (χ1v) is 7.00. The Hall–Kier alpha value is -2.46. The summed E-state index contributed by atoms with van der Waals surface area (Å²) in [5.41, 5.74) is 2.05. The predicted octanol–water partition coefficient (Wildman–Crippen LogP) is 3.25. The lowest BCUT2D eigenvalue weighted by molar-refractivity contribution is 0.201. The minimum absolute atomic E-state index is 0.0132. The maximum Gasteiger partial charge on any atom is 0.123 e. The summed E-state index contributed by atoms with van der Waals surface area (Å²) in [6.07, 6.45) is 4.00. The molecule has 1 N–H and O–H groups in total. The summed E-state index contributed by atoms with van der Waals surface area (Å²) in [6.45, 7) is 0.318. The fourth-order valence-corrected chi connectivity index (χ4v) is 1.96. The lowest BCUT2D eigenvalue weighted by Crippen LogP contribution is -2.01. The summed E-state index contributed by atoms with van der Waals surface area (Å²) in [6, 6.07) is 13.4. The van der Waals surface area contributed by atoms with E-state index >= 15 is 0 Å². The van der Waals surface area contributed by atoms with Crippen LogP contribution < -0.4 is 14.2 Å². The Balaban J connectivity index is 2.10. The molecule has 2 aromatic rings. The Bertz CT molecular complexity index is 595. The molecule has 0 aliphatic heterocycles. The molecule has 0 aliphatic carbocycles. The molecule has 0 radical (unpaired) electrons. The van der Waals surface area contributed by atoms with Crippen molar-refractivity contribution in [2.24, 2.45) is 0 Å². The monoisotopic (exact) mass is 300 g/mol. The molecule has 0 atom stereocenters. The van der Waals surface area contributed by atoms with Crippen LogP contribution in [0.25, 0.3) is 12.2 Å². The summed E-state index contributed by atoms with van der Waals surface area (Å²) < 4.78 is 15.8. The first kappa shape index (κ1) is 15.9. The van der Waals surface area contributed by atoms with E-state index < -0.39 is 0 Å². The molecule has 0 spiro atoms. The van der Waals surface area contributed by atoms with Crippen molar-refractivity contribution >= 4 is 12.2 Å². The Morgan fingerprint density at radius 2 is 1.41 bits per heavy atom. The van der Waals surface area contributed by atoms with Gasteiger partial charge >= 0.3 is 0 Å². The first-order valence-electron chi connectivity index (χ1n) is 7.00. The molecule has 116 valence electrons. The summed E-state index contributed by atoms with van der Waals surface area (Å²) in [7, 11) is 3.26. The van der Waals surface area contributed by atoms with Crippen LogP contribution in [0.2, 0.25) is 0 Å². The van der Waals surface area contributed by atoms with E-state index in [4.69, 9.17) is 19.3 Å². The van der Waals surface area contributed by atoms with Crippen LogP contribution in [0.1, 0.15) is 11.1 Å². The van der Waals surface area contributed by atoms with E-state index in [0.29, 0.717) is 6.61 Å². The molecule has 0 heterocycles. The highest BCUT2D eigenvalue weighted by Gasteiger charge is 1.99. The van der Waals surface area contributed by atoms with E-state index in [2.05, 4.69) is 0 Å². The molecule has 0 saturated carbocycles. The minimum Gasteiger partial charge on any atom is -0.497 e. The van der Waals surface area contributed by atoms with Gasteiger partial charge in [0.15, 0.2) is 0 Å². The van der Waals surface area contributed by atoms with E-state index in [-0.39, 0.29) is 6.61 Å². The predicted molar refractivity (Wildman–Crippen MR) is 87.5 cm³/mol. The van der Waals surface area contributed by atoms with E-state index in [0.717, 1.165) is 28.4 Å². The van der Waals surface area contributed by atoms with Crippen molar-refractivity contribution in [1.29, 1.82) is 0 Å². The average molecular weight is 300 g/mol. The number of hydrogen-bond donors (Lipinski definition) is 1. The molecule has 4 nitrogen and oxygen atoms in total. The fourth-order valence-electron chi connectivity index (χ4n) is 1.96. The van der Waals surface area contributed by atoms with Gasteiger partial charge in [-0.3, -0.25) is 0 Å². The maximum absolute atomic E-state index is 8.72. The lowest BCUT2D eigenvalue weighted by Gasteiger charge is -2.06. The molecule has 0 saturated heterocycles. The van der Waals surface area contributed by atoms with Gasteiger partial charge in [0.25, 0.3) is 0 Å². The van der Waals surface area contributed by atoms with Gasteiger partial charge in [0.05, 0.1) is 20.8 Å². The van der Waals surface area contributed by atoms with Crippen molar-refractivity contribution in [1.82, 2.24) is 0 Å². The standard InChI is InChI=1S/C18H20O4/c1-20-17-11-15(12-18(13-17)21-2)4-3-14-5-7-16(8-6-14)22-10-9-19/h3-8,11-13,19H,9-10H2,1-2H3/b4-3+. The zero-order chi connectivity index (χ0) is 15.8. The van der Waals surface area contributed by atoms with Crippen molar-refractivity contribution in [3.05, 3.63) is 53.6 Å². The minimum atomic E-state index is 0.0132. The van der Waals surface area contributed by atoms with Crippen molar-refractivity contribution in [3.8, 4) is 17.2 Å². The third-order valence-corrected chi connectivity index (χ3v) is 3.08. The number of aliphatic hydroxyl groups excluding tert-OH is 1. The topological polar surface area (TPSA) is 47.9 Å². The van der Waals surface area contributed by atoms with E-state index in [1.165, 1.54) is 0 Å². The molecule has 0 amide bonds. The van der Waals surface area contributed by atoms with E-state index in [9.17, 15) is 0 Å². The molecule has 0 fully saturated rings. The zero-order valence-corrected chi connectivity index (χ0v) is 12.8. The molecule has 0 aliphatic rings. The third-order valence-electron chi connectivity index (χ3n) is 3.08. The number of ether oxygens (including phenoxy) is 3. The van der Waals surface area contributed by atoms with Gasteiger partial charge in [0.2, 0.25) is 0 Å². The maximum atomic E-state index is 8.72. The van der Waals surface area contributed by atoms with Gasteiger partial charge in [-0.15, -0.1) is 0 Å². The molecule has 2 aromatic carbocycles. The van der Waals surface area contributed by atoms with Crippen molar-refractivity contribution in [2.45, 2.75) is 0 Å². The molecule has 0 bridgehead atoms. The summed E-state index contributed by atoms with van der Waals surface area (Å²) in [5.74, 6) is 2.26. The van der Waals surface area contributed by atoms with Gasteiger partial charge in [-0.05, 0) is 35.4 Å². The fraction of sp³-hybridized carbons (Fsp3) is 0.222. The van der Waals surface area contributed by atoms with Crippen LogP contribution in [0, 0.1) is 0 Å². The molecule has 22 heavy (non-hydrogen) atoms. The number of methoxy groups -OCH3 is 2. The van der Waals surface area contributed by atoms with Crippen molar-refractivity contribution < 1.29 is 19.3 Å².